The second kappa shape index (κ2) is 25.8. The van der Waals surface area contributed by atoms with Crippen LogP contribution in [0.3, 0.4) is 0 Å². The molecular weight excluding hydrogens is 949 g/mol. The molecule has 2 aromatic rings. The molecule has 4 rings (SSSR count). The van der Waals surface area contributed by atoms with E-state index in [0.717, 1.165) is 28.2 Å². The molecule has 2 aliphatic rings. The molecule has 0 saturated heterocycles. The van der Waals surface area contributed by atoms with Crippen LogP contribution in [-0.4, -0.2) is 193 Å². The fraction of sp³-hybridized carbons (Fsp3) is 0.592. The van der Waals surface area contributed by atoms with Gasteiger partial charge in [0.1, 0.15) is 43.2 Å². The molecule has 8 unspecified atom stereocenters. The third-order valence-corrected chi connectivity index (χ3v) is 13.8. The number of allylic oxidation sites excluding steroid dienone is 4. The van der Waals surface area contributed by atoms with Crippen LogP contribution in [0, 0.1) is 0 Å². The lowest BCUT2D eigenvalue weighted by molar-refractivity contribution is -0.438. The molecule has 21 nitrogen and oxygen atoms in total. The summed E-state index contributed by atoms with van der Waals surface area (Å²) in [5.74, 6) is -2.03. The zero-order valence-corrected chi connectivity index (χ0v) is 41.7. The molecule has 0 bridgehead atoms. The van der Waals surface area contributed by atoms with Crippen molar-refractivity contribution >= 4 is 45.0 Å². The maximum Gasteiger partial charge on any atom is 0.305 e. The molecule has 0 aromatic heterocycles. The number of esters is 1. The van der Waals surface area contributed by atoms with Crippen molar-refractivity contribution in [3.63, 3.8) is 0 Å². The number of rotatable bonds is 28. The summed E-state index contributed by atoms with van der Waals surface area (Å²) in [6.07, 6.45) is -5.85. The topological polar surface area (TPSA) is 350 Å². The van der Waals surface area contributed by atoms with E-state index in [2.05, 4.69) is 15.2 Å². The number of unbranched alkanes of at least 4 members (excludes halogenated alkanes) is 3. The van der Waals surface area contributed by atoms with E-state index in [0.29, 0.717) is 44.5 Å². The minimum atomic E-state index is -4.46. The molecule has 0 saturated carbocycles. The quantitative estimate of drug-likeness (QED) is 0.0212. The van der Waals surface area contributed by atoms with E-state index in [-0.39, 0.29) is 36.5 Å². The molecule has 2 aliphatic heterocycles. The van der Waals surface area contributed by atoms with E-state index in [4.69, 9.17) is 14.9 Å². The molecule has 12 N–H and O–H groups in total. The zero-order valence-electron chi connectivity index (χ0n) is 40.8. The minimum absolute atomic E-state index is 0.0967. The Balaban J connectivity index is 1.68. The number of anilines is 1. The van der Waals surface area contributed by atoms with Crippen LogP contribution in [0.4, 0.5) is 11.4 Å². The SMILES string of the molecule is CCOC(=O)CCCCC[N+]1=C(/C=C/C=C2/N(CCCCS(=O)(=O)[O-])c3ccc(C(=O)NCC(O)C(O)C(O)C(O)CO)cc3C2(C)C)C(C)(C)c2cc(C(=O)NCC(O)C(O)C(O)C(O)CO)ccc21. The van der Waals surface area contributed by atoms with E-state index in [1.54, 1.807) is 43.3 Å². The summed E-state index contributed by atoms with van der Waals surface area (Å²) in [6.45, 7) is 8.05. The van der Waals surface area contributed by atoms with E-state index in [1.807, 2.05) is 50.8 Å². The summed E-state index contributed by atoms with van der Waals surface area (Å²) in [7, 11) is -4.46. The third-order valence-electron chi connectivity index (χ3n) is 13.0. The number of fused-ring (bicyclic) bond motifs is 2. The third kappa shape index (κ3) is 15.0. The number of carbonyl (C=O) groups excluding carboxylic acids is 3. The molecule has 0 spiro atoms. The highest BCUT2D eigenvalue weighted by atomic mass is 32.2. The van der Waals surface area contributed by atoms with Gasteiger partial charge in [0.15, 0.2) is 5.71 Å². The number of aliphatic hydroxyl groups is 10. The van der Waals surface area contributed by atoms with Gasteiger partial charge in [0.05, 0.1) is 47.6 Å². The highest BCUT2D eigenvalue weighted by Gasteiger charge is 2.45. The minimum Gasteiger partial charge on any atom is -0.748 e. The van der Waals surface area contributed by atoms with Crippen molar-refractivity contribution in [1.29, 1.82) is 0 Å². The monoisotopic (exact) mass is 1020 g/mol. The van der Waals surface area contributed by atoms with Gasteiger partial charge in [-0.05, 0) is 88.4 Å². The zero-order chi connectivity index (χ0) is 53.0. The molecule has 22 heteroatoms. The lowest BCUT2D eigenvalue weighted by Gasteiger charge is -2.27. The van der Waals surface area contributed by atoms with E-state index in [1.165, 1.54) is 0 Å². The molecular formula is C49H72N4O17S. The molecule has 0 fully saturated rings. The number of hydrogen-bond acceptors (Lipinski definition) is 18. The number of amides is 2. The second-order valence-corrected chi connectivity index (χ2v) is 20.4. The molecule has 71 heavy (non-hydrogen) atoms. The second-order valence-electron chi connectivity index (χ2n) is 18.9. The van der Waals surface area contributed by atoms with Gasteiger partial charge in [-0.3, -0.25) is 14.4 Å². The van der Waals surface area contributed by atoms with Crippen LogP contribution in [0.25, 0.3) is 0 Å². The van der Waals surface area contributed by atoms with Gasteiger partial charge in [-0.25, -0.2) is 8.42 Å². The average Bonchev–Trinajstić information content (AvgIpc) is 3.68. The molecule has 2 amide bonds. The van der Waals surface area contributed by atoms with Crippen LogP contribution in [0.15, 0.2) is 60.3 Å². The number of nitrogens with zero attached hydrogens (tertiary/aromatic N) is 2. The van der Waals surface area contributed by atoms with Crippen LogP contribution >= 0.6 is 0 Å². The number of hydrogen-bond donors (Lipinski definition) is 12. The van der Waals surface area contributed by atoms with Crippen molar-refractivity contribution in [3.8, 4) is 0 Å². The summed E-state index contributed by atoms with van der Waals surface area (Å²) < 4.78 is 41.7. The Bertz CT molecular complexity index is 2370. The van der Waals surface area contributed by atoms with Crippen LogP contribution in [0.5, 0.6) is 0 Å². The number of carbonyl (C=O) groups is 3. The lowest BCUT2D eigenvalue weighted by Crippen LogP contribution is -2.49. The molecule has 396 valence electrons. The lowest BCUT2D eigenvalue weighted by atomic mass is 9.80. The molecule has 8 atom stereocenters. The van der Waals surface area contributed by atoms with Crippen LogP contribution in [-0.2, 0) is 30.5 Å². The standard InChI is InChI=1S/C49H72N4O17S/c1-6-70-41(60)15-8-7-9-20-52-33-18-16-29(46(65)50-25-35(56)42(61)44(63)37(58)27-54)23-31(33)48(2,3)39(52)13-12-14-40-49(4,5)32-24-30(17-19-34(32)53(40)21-10-11-22-71(67,68)69)47(66)51-26-36(57)43(62)45(64)38(59)28-55/h12-14,16-19,23-24,35-38,42-45,54-59,61-64H,6-11,15,20-22,25-28H2,1-5H3,(H2-,50,51,65,66,67,68,69). The Labute approximate surface area is 414 Å². The van der Waals surface area contributed by atoms with E-state index in [9.17, 15) is 68.2 Å². The first-order chi connectivity index (χ1) is 33.3. The Morgan fingerprint density at radius 2 is 1.27 bits per heavy atom. The van der Waals surface area contributed by atoms with Gasteiger partial charge in [-0.15, -0.1) is 0 Å². The molecule has 2 aromatic carbocycles. The van der Waals surface area contributed by atoms with Crippen LogP contribution in [0.1, 0.15) is 105 Å². The van der Waals surface area contributed by atoms with Crippen molar-refractivity contribution in [2.45, 2.75) is 133 Å². The smallest absolute Gasteiger partial charge is 0.305 e. The summed E-state index contributed by atoms with van der Waals surface area (Å²) in [4.78, 5) is 40.9. The maximum absolute atomic E-state index is 13.4. The predicted molar refractivity (Wildman–Crippen MR) is 259 cm³/mol. The van der Waals surface area contributed by atoms with Crippen molar-refractivity contribution in [2.75, 3.05) is 56.7 Å². The van der Waals surface area contributed by atoms with Crippen LogP contribution in [0.2, 0.25) is 0 Å². The van der Waals surface area contributed by atoms with E-state index >= 15 is 0 Å². The summed E-state index contributed by atoms with van der Waals surface area (Å²) in [5, 5.41) is 104. The number of aliphatic hydroxyl groups excluding tert-OH is 10. The number of nitrogens with one attached hydrogen (secondary N) is 2. The van der Waals surface area contributed by atoms with Gasteiger partial charge >= 0.3 is 5.97 Å². The summed E-state index contributed by atoms with van der Waals surface area (Å²) >= 11 is 0. The van der Waals surface area contributed by atoms with Crippen molar-refractivity contribution in [2.24, 2.45) is 0 Å². The Morgan fingerprint density at radius 3 is 1.80 bits per heavy atom. The number of benzene rings is 2. The van der Waals surface area contributed by atoms with Crippen LogP contribution < -0.4 is 15.5 Å². The Kier molecular flexibility index (Phi) is 21.4. The average molecular weight is 1020 g/mol. The first kappa shape index (κ1) is 58.9. The summed E-state index contributed by atoms with van der Waals surface area (Å²) in [6, 6.07) is 10.1. The fourth-order valence-corrected chi connectivity index (χ4v) is 9.37. The molecule has 0 aliphatic carbocycles. The van der Waals surface area contributed by atoms with Gasteiger partial charge in [0.2, 0.25) is 5.69 Å². The Hall–Kier alpha value is -4.69. The van der Waals surface area contributed by atoms with Gasteiger partial charge in [-0.1, -0.05) is 19.9 Å². The molecule has 0 radical (unpaired) electrons. The maximum atomic E-state index is 13.4. The van der Waals surface area contributed by atoms with Crippen molar-refractivity contribution < 1.29 is 87.7 Å². The number of ether oxygens (including phenoxy) is 1. The Morgan fingerprint density at radius 1 is 0.732 bits per heavy atom. The van der Waals surface area contributed by atoms with Gasteiger partial charge in [0.25, 0.3) is 11.8 Å². The fourth-order valence-electron chi connectivity index (χ4n) is 8.81. The van der Waals surface area contributed by atoms with E-state index < -0.39 is 114 Å². The van der Waals surface area contributed by atoms with Gasteiger partial charge in [0, 0.05) is 83.9 Å². The highest BCUT2D eigenvalue weighted by molar-refractivity contribution is 7.85. The normalized spacial score (nSPS) is 19.2. The first-order valence-electron chi connectivity index (χ1n) is 23.7. The predicted octanol–water partition coefficient (Wildman–Crippen LogP) is -0.919. The summed E-state index contributed by atoms with van der Waals surface area (Å²) in [5.41, 5.74) is 3.61. The van der Waals surface area contributed by atoms with Gasteiger partial charge in [-0.2, -0.15) is 4.58 Å². The molecule has 2 heterocycles. The largest absolute Gasteiger partial charge is 0.748 e. The first-order valence-corrected chi connectivity index (χ1v) is 25.3. The highest BCUT2D eigenvalue weighted by Crippen LogP contribution is 2.48. The van der Waals surface area contributed by atoms with Gasteiger partial charge < -0.3 is 75.9 Å². The van der Waals surface area contributed by atoms with Crippen molar-refractivity contribution in [3.05, 3.63) is 82.6 Å². The van der Waals surface area contributed by atoms with Crippen molar-refractivity contribution in [1.82, 2.24) is 10.6 Å².